The van der Waals surface area contributed by atoms with Gasteiger partial charge in [0.2, 0.25) is 0 Å². The highest BCUT2D eigenvalue weighted by Crippen LogP contribution is 2.17. The van der Waals surface area contributed by atoms with E-state index in [1.54, 1.807) is 19.1 Å². The van der Waals surface area contributed by atoms with Gasteiger partial charge in [0.25, 0.3) is 5.69 Å². The topological polar surface area (TPSA) is 105 Å². The minimum Gasteiger partial charge on any atom is -0.258 e. The highest BCUT2D eigenvalue weighted by atomic mass is 16.6. The fraction of sp³-hybridized carbons (Fsp3) is 0.222. The molecule has 0 unspecified atom stereocenters. The minimum atomic E-state index is -0.479. The summed E-state index contributed by atoms with van der Waals surface area (Å²) in [5.41, 5.74) is 8.99. The molecule has 0 bridgehead atoms. The molecule has 16 heavy (non-hydrogen) atoms. The van der Waals surface area contributed by atoms with Crippen molar-refractivity contribution in [2.75, 3.05) is 6.54 Å². The van der Waals surface area contributed by atoms with Crippen LogP contribution in [0.4, 0.5) is 5.69 Å². The van der Waals surface area contributed by atoms with Crippen molar-refractivity contribution in [3.63, 3.8) is 0 Å². The van der Waals surface area contributed by atoms with Crippen LogP contribution in [-0.4, -0.2) is 16.5 Å². The molecule has 0 aliphatic rings. The molecule has 0 amide bonds. The number of aryl methyl sites for hydroxylation is 1. The zero-order valence-electron chi connectivity index (χ0n) is 8.57. The molecule has 1 aromatic rings. The maximum absolute atomic E-state index is 10.6. The molecule has 0 N–H and O–H groups in total. The highest BCUT2D eigenvalue weighted by Gasteiger charge is 2.10. The third-order valence-corrected chi connectivity index (χ3v) is 1.84. The van der Waals surface area contributed by atoms with Crippen LogP contribution in [0.2, 0.25) is 0 Å². The molecule has 0 spiro atoms. The second-order valence-electron chi connectivity index (χ2n) is 2.95. The molecule has 82 valence electrons. The molecule has 1 aromatic heterocycles. The van der Waals surface area contributed by atoms with E-state index in [4.69, 9.17) is 5.53 Å². The molecule has 0 saturated carbocycles. The molecule has 0 atom stereocenters. The Bertz CT molecular complexity index is 477. The van der Waals surface area contributed by atoms with Crippen molar-refractivity contribution in [3.05, 3.63) is 50.2 Å². The Morgan fingerprint density at radius 1 is 1.75 bits per heavy atom. The number of aromatic nitrogens is 1. The van der Waals surface area contributed by atoms with Crippen LogP contribution in [0.25, 0.3) is 16.5 Å². The summed E-state index contributed by atoms with van der Waals surface area (Å²) in [6.07, 6.45) is 4.75. The molecule has 0 aromatic carbocycles. The summed E-state index contributed by atoms with van der Waals surface area (Å²) in [6, 6.07) is 1.43. The van der Waals surface area contributed by atoms with E-state index in [1.165, 1.54) is 12.3 Å². The van der Waals surface area contributed by atoms with E-state index in [0.29, 0.717) is 11.3 Å². The quantitative estimate of drug-likeness (QED) is 0.255. The van der Waals surface area contributed by atoms with Gasteiger partial charge in [-0.25, -0.2) is 0 Å². The van der Waals surface area contributed by atoms with Crippen molar-refractivity contribution in [1.82, 2.24) is 4.98 Å². The van der Waals surface area contributed by atoms with Crippen molar-refractivity contribution in [2.45, 2.75) is 6.92 Å². The summed E-state index contributed by atoms with van der Waals surface area (Å²) < 4.78 is 0. The average molecular weight is 219 g/mol. The third-order valence-electron chi connectivity index (χ3n) is 1.84. The predicted molar refractivity (Wildman–Crippen MR) is 58.7 cm³/mol. The zero-order valence-corrected chi connectivity index (χ0v) is 8.57. The summed E-state index contributed by atoms with van der Waals surface area (Å²) in [6.45, 7) is 1.78. The van der Waals surface area contributed by atoms with E-state index in [0.717, 1.165) is 0 Å². The van der Waals surface area contributed by atoms with Gasteiger partial charge in [0, 0.05) is 23.7 Å². The normalized spacial score (nSPS) is 10.1. The van der Waals surface area contributed by atoms with Crippen molar-refractivity contribution in [1.29, 1.82) is 0 Å². The molecular formula is C9H9N5O2. The first-order valence-electron chi connectivity index (χ1n) is 4.43. The van der Waals surface area contributed by atoms with Crippen molar-refractivity contribution < 1.29 is 4.92 Å². The summed E-state index contributed by atoms with van der Waals surface area (Å²) in [5, 5.41) is 13.9. The Morgan fingerprint density at radius 2 is 2.50 bits per heavy atom. The van der Waals surface area contributed by atoms with Gasteiger partial charge in [-0.15, -0.1) is 0 Å². The van der Waals surface area contributed by atoms with Crippen LogP contribution >= 0.6 is 0 Å². The first-order valence-corrected chi connectivity index (χ1v) is 4.43. The van der Waals surface area contributed by atoms with Crippen molar-refractivity contribution in [2.24, 2.45) is 5.11 Å². The van der Waals surface area contributed by atoms with Gasteiger partial charge in [0.05, 0.1) is 4.92 Å². The molecule has 0 aliphatic carbocycles. The second kappa shape index (κ2) is 5.47. The average Bonchev–Trinajstić information content (AvgIpc) is 2.26. The molecule has 0 aliphatic heterocycles. The van der Waals surface area contributed by atoms with Gasteiger partial charge in [-0.2, -0.15) is 0 Å². The van der Waals surface area contributed by atoms with Crippen LogP contribution in [0.15, 0.2) is 23.5 Å². The molecular weight excluding hydrogens is 210 g/mol. The summed E-state index contributed by atoms with van der Waals surface area (Å²) in [4.78, 5) is 16.6. The Balaban J connectivity index is 2.90. The van der Waals surface area contributed by atoms with Crippen LogP contribution in [-0.2, 0) is 0 Å². The van der Waals surface area contributed by atoms with Crippen molar-refractivity contribution in [3.8, 4) is 0 Å². The number of pyridine rings is 1. The molecule has 0 saturated heterocycles. The number of rotatable bonds is 4. The molecule has 0 radical (unpaired) electrons. The smallest absolute Gasteiger partial charge is 0.258 e. The first kappa shape index (κ1) is 11.7. The number of azide groups is 1. The SMILES string of the molecule is Cc1ncc(C=CCN=[N+]=[N-])cc1[N+](=O)[O-]. The number of hydrogen-bond donors (Lipinski definition) is 0. The van der Waals surface area contributed by atoms with E-state index in [-0.39, 0.29) is 12.2 Å². The summed E-state index contributed by atoms with van der Waals surface area (Å²) in [5.74, 6) is 0. The Kier molecular flexibility index (Phi) is 3.99. The lowest BCUT2D eigenvalue weighted by Crippen LogP contribution is -1.94. The number of nitrogens with zero attached hydrogens (tertiary/aromatic N) is 5. The maximum atomic E-state index is 10.6. The van der Waals surface area contributed by atoms with Crippen LogP contribution in [0, 0.1) is 17.0 Å². The summed E-state index contributed by atoms with van der Waals surface area (Å²) >= 11 is 0. The van der Waals surface area contributed by atoms with Gasteiger partial charge in [-0.1, -0.05) is 17.3 Å². The maximum Gasteiger partial charge on any atom is 0.291 e. The Labute approximate surface area is 91.2 Å². The lowest BCUT2D eigenvalue weighted by molar-refractivity contribution is -0.385. The van der Waals surface area contributed by atoms with E-state index in [2.05, 4.69) is 15.0 Å². The molecule has 1 rings (SSSR count). The Hall–Kier alpha value is -2.40. The second-order valence-corrected chi connectivity index (χ2v) is 2.95. The Morgan fingerprint density at radius 3 is 3.12 bits per heavy atom. The van der Waals surface area contributed by atoms with Gasteiger partial charge >= 0.3 is 0 Å². The molecule has 7 nitrogen and oxygen atoms in total. The van der Waals surface area contributed by atoms with Gasteiger partial charge in [-0.3, -0.25) is 15.1 Å². The minimum absolute atomic E-state index is 0.0223. The number of hydrogen-bond acceptors (Lipinski definition) is 4. The first-order chi connectivity index (χ1) is 7.65. The number of nitro groups is 1. The van der Waals surface area contributed by atoms with E-state index in [9.17, 15) is 10.1 Å². The summed E-state index contributed by atoms with van der Waals surface area (Å²) in [7, 11) is 0. The lowest BCUT2D eigenvalue weighted by Gasteiger charge is -1.97. The largest absolute Gasteiger partial charge is 0.291 e. The van der Waals surface area contributed by atoms with Crippen LogP contribution in [0.3, 0.4) is 0 Å². The standard InChI is InChI=1S/C9H9N5O2/c1-7-9(14(15)16)5-8(6-11-7)3-2-4-12-13-10/h2-3,5-6H,4H2,1H3. The van der Waals surface area contributed by atoms with E-state index < -0.39 is 4.92 Å². The van der Waals surface area contributed by atoms with Gasteiger partial charge in [-0.05, 0) is 18.0 Å². The fourth-order valence-corrected chi connectivity index (χ4v) is 1.09. The monoisotopic (exact) mass is 219 g/mol. The molecule has 0 fully saturated rings. The van der Waals surface area contributed by atoms with E-state index >= 15 is 0 Å². The third kappa shape index (κ3) is 3.07. The van der Waals surface area contributed by atoms with E-state index in [1.807, 2.05) is 0 Å². The van der Waals surface area contributed by atoms with Gasteiger partial charge in [0.1, 0.15) is 5.69 Å². The predicted octanol–water partition coefficient (Wildman–Crippen LogP) is 2.62. The van der Waals surface area contributed by atoms with Crippen LogP contribution < -0.4 is 0 Å². The highest BCUT2D eigenvalue weighted by molar-refractivity contribution is 5.53. The fourth-order valence-electron chi connectivity index (χ4n) is 1.09. The van der Waals surface area contributed by atoms with Crippen LogP contribution in [0.5, 0.6) is 0 Å². The van der Waals surface area contributed by atoms with Crippen LogP contribution in [0.1, 0.15) is 11.3 Å². The molecule has 1 heterocycles. The zero-order chi connectivity index (χ0) is 12.0. The molecule has 7 heteroatoms. The lowest BCUT2D eigenvalue weighted by atomic mass is 10.2. The van der Waals surface area contributed by atoms with Gasteiger partial charge < -0.3 is 0 Å². The van der Waals surface area contributed by atoms with Gasteiger partial charge in [0.15, 0.2) is 0 Å². The van der Waals surface area contributed by atoms with Crippen molar-refractivity contribution >= 4 is 11.8 Å².